The van der Waals surface area contributed by atoms with E-state index in [1.807, 2.05) is 41.8 Å². The van der Waals surface area contributed by atoms with Crippen LogP contribution in [0.5, 0.6) is 5.75 Å². The van der Waals surface area contributed by atoms with E-state index in [-0.39, 0.29) is 24.8 Å². The van der Waals surface area contributed by atoms with Crippen LogP contribution < -0.4 is 10.1 Å². The molecule has 0 bridgehead atoms. The number of ether oxygens (including phenoxy) is 1. The third-order valence-electron chi connectivity index (χ3n) is 5.35. The summed E-state index contributed by atoms with van der Waals surface area (Å²) in [5, 5.41) is 4.88. The number of furan rings is 2. The topological polar surface area (TPSA) is 84.9 Å². The third-order valence-corrected chi connectivity index (χ3v) is 6.23. The Morgan fingerprint density at radius 2 is 1.91 bits per heavy atom. The van der Waals surface area contributed by atoms with Crippen LogP contribution in [0.4, 0.5) is 0 Å². The first kappa shape index (κ1) is 23.4. The summed E-state index contributed by atoms with van der Waals surface area (Å²) in [6.07, 6.45) is 1.73. The summed E-state index contributed by atoms with van der Waals surface area (Å²) in [6, 6.07) is 17.4. The Balaban J connectivity index is 1.60. The summed E-state index contributed by atoms with van der Waals surface area (Å²) in [5.74, 6) is 1.84. The average Bonchev–Trinajstić information content (AvgIpc) is 3.62. The van der Waals surface area contributed by atoms with Gasteiger partial charge in [-0.25, -0.2) is 0 Å². The van der Waals surface area contributed by atoms with Gasteiger partial charge < -0.3 is 23.8 Å². The SMILES string of the molecule is COc1ccc(CNC(=O)[C@@H](c2ccc(C)o2)N(Cc2ccco2)C(=O)Cc2cccs2)cc1. The number of nitrogens with zero attached hydrogens (tertiary/aromatic N) is 1. The number of carbonyl (C=O) groups excluding carboxylic acids is 2. The first-order valence-corrected chi connectivity index (χ1v) is 11.7. The zero-order valence-corrected chi connectivity index (χ0v) is 19.8. The number of benzene rings is 1. The first-order chi connectivity index (χ1) is 16.5. The number of rotatable bonds is 10. The van der Waals surface area contributed by atoms with Crippen molar-refractivity contribution in [1.29, 1.82) is 0 Å². The molecule has 8 heteroatoms. The molecule has 1 N–H and O–H groups in total. The fourth-order valence-corrected chi connectivity index (χ4v) is 4.31. The third kappa shape index (κ3) is 5.77. The zero-order valence-electron chi connectivity index (χ0n) is 19.0. The predicted molar refractivity (Wildman–Crippen MR) is 128 cm³/mol. The minimum absolute atomic E-state index is 0.136. The molecule has 3 aromatic heterocycles. The van der Waals surface area contributed by atoms with E-state index in [4.69, 9.17) is 13.6 Å². The van der Waals surface area contributed by atoms with Crippen molar-refractivity contribution in [2.24, 2.45) is 0 Å². The van der Waals surface area contributed by atoms with Crippen molar-refractivity contribution in [1.82, 2.24) is 10.2 Å². The monoisotopic (exact) mass is 478 g/mol. The van der Waals surface area contributed by atoms with Crippen molar-refractivity contribution in [3.8, 4) is 5.75 Å². The lowest BCUT2D eigenvalue weighted by Gasteiger charge is -2.29. The highest BCUT2D eigenvalue weighted by molar-refractivity contribution is 7.10. The van der Waals surface area contributed by atoms with Crippen LogP contribution in [-0.4, -0.2) is 23.8 Å². The van der Waals surface area contributed by atoms with E-state index < -0.39 is 6.04 Å². The van der Waals surface area contributed by atoms with E-state index >= 15 is 0 Å². The van der Waals surface area contributed by atoms with E-state index in [1.54, 1.807) is 44.6 Å². The molecule has 4 aromatic rings. The normalized spacial score (nSPS) is 11.7. The molecule has 0 unspecified atom stereocenters. The minimum Gasteiger partial charge on any atom is -0.497 e. The first-order valence-electron chi connectivity index (χ1n) is 10.8. The lowest BCUT2D eigenvalue weighted by atomic mass is 10.1. The number of hydrogen-bond acceptors (Lipinski definition) is 6. The van der Waals surface area contributed by atoms with E-state index in [1.165, 1.54) is 16.2 Å². The molecule has 0 aliphatic carbocycles. The maximum Gasteiger partial charge on any atom is 0.251 e. The van der Waals surface area contributed by atoms with Crippen molar-refractivity contribution in [2.75, 3.05) is 7.11 Å². The summed E-state index contributed by atoms with van der Waals surface area (Å²) in [5.41, 5.74) is 0.908. The summed E-state index contributed by atoms with van der Waals surface area (Å²) in [4.78, 5) is 29.4. The van der Waals surface area contributed by atoms with Crippen LogP contribution in [0.3, 0.4) is 0 Å². The molecule has 3 heterocycles. The molecular formula is C26H26N2O5S. The summed E-state index contributed by atoms with van der Waals surface area (Å²) >= 11 is 1.50. The molecule has 0 aliphatic rings. The Labute approximate surface area is 201 Å². The van der Waals surface area contributed by atoms with E-state index in [0.717, 1.165) is 16.2 Å². The molecule has 0 spiro atoms. The van der Waals surface area contributed by atoms with Gasteiger partial charge in [0.2, 0.25) is 5.91 Å². The van der Waals surface area contributed by atoms with Gasteiger partial charge in [-0.15, -0.1) is 11.3 Å². The van der Waals surface area contributed by atoms with E-state index in [0.29, 0.717) is 23.8 Å². The van der Waals surface area contributed by atoms with Crippen LogP contribution in [0.1, 0.15) is 33.8 Å². The Morgan fingerprint density at radius 1 is 1.09 bits per heavy atom. The Hall–Kier alpha value is -3.78. The van der Waals surface area contributed by atoms with Crippen molar-refractivity contribution < 1.29 is 23.2 Å². The van der Waals surface area contributed by atoms with Gasteiger partial charge in [0.25, 0.3) is 5.91 Å². The fourth-order valence-electron chi connectivity index (χ4n) is 3.61. The van der Waals surface area contributed by atoms with Crippen LogP contribution in [0.2, 0.25) is 0 Å². The molecule has 0 saturated carbocycles. The molecule has 2 amide bonds. The summed E-state index contributed by atoms with van der Waals surface area (Å²) in [6.45, 7) is 2.24. The second kappa shape index (κ2) is 10.9. The van der Waals surface area contributed by atoms with E-state index in [2.05, 4.69) is 5.32 Å². The van der Waals surface area contributed by atoms with Gasteiger partial charge in [0.05, 0.1) is 26.3 Å². The summed E-state index contributed by atoms with van der Waals surface area (Å²) in [7, 11) is 1.60. The average molecular weight is 479 g/mol. The standard InChI is InChI=1S/C26H26N2O5S/c1-18-7-12-23(33-18)25(26(30)27-16-19-8-10-20(31-2)11-9-19)28(17-21-5-3-13-32-21)24(29)15-22-6-4-14-34-22/h3-14,25H,15-17H2,1-2H3,(H,27,30)/t25-/m1/s1. The molecule has 0 aliphatic heterocycles. The number of hydrogen-bond donors (Lipinski definition) is 1. The number of aryl methyl sites for hydroxylation is 1. The van der Waals surface area contributed by atoms with E-state index in [9.17, 15) is 9.59 Å². The fraction of sp³-hybridized carbons (Fsp3) is 0.231. The largest absolute Gasteiger partial charge is 0.497 e. The van der Waals surface area contributed by atoms with Gasteiger partial charge >= 0.3 is 0 Å². The molecule has 0 fully saturated rings. The lowest BCUT2D eigenvalue weighted by Crippen LogP contribution is -2.43. The molecule has 4 rings (SSSR count). The highest BCUT2D eigenvalue weighted by Gasteiger charge is 2.34. The van der Waals surface area contributed by atoms with Crippen molar-refractivity contribution >= 4 is 23.2 Å². The van der Waals surface area contributed by atoms with Gasteiger partial charge in [0, 0.05) is 11.4 Å². The number of carbonyl (C=O) groups is 2. The second-order valence-electron chi connectivity index (χ2n) is 7.77. The molecule has 1 atom stereocenters. The number of methoxy groups -OCH3 is 1. The predicted octanol–water partition coefficient (Wildman–Crippen LogP) is 4.88. The number of thiophene rings is 1. The molecule has 1 aromatic carbocycles. The highest BCUT2D eigenvalue weighted by atomic mass is 32.1. The molecule has 34 heavy (non-hydrogen) atoms. The van der Waals surface area contributed by atoms with Gasteiger partial charge in [-0.2, -0.15) is 0 Å². The van der Waals surface area contributed by atoms with Gasteiger partial charge in [-0.05, 0) is 60.3 Å². The molecule has 7 nitrogen and oxygen atoms in total. The smallest absolute Gasteiger partial charge is 0.251 e. The minimum atomic E-state index is -0.954. The molecular weight excluding hydrogens is 452 g/mol. The zero-order chi connectivity index (χ0) is 23.9. The molecule has 176 valence electrons. The quantitative estimate of drug-likeness (QED) is 0.351. The van der Waals surface area contributed by atoms with Gasteiger partial charge in [-0.1, -0.05) is 18.2 Å². The second-order valence-corrected chi connectivity index (χ2v) is 8.81. The van der Waals surface area contributed by atoms with Crippen LogP contribution in [0, 0.1) is 6.92 Å². The maximum atomic E-state index is 13.5. The van der Waals surface area contributed by atoms with Crippen LogP contribution in [0.25, 0.3) is 0 Å². The number of amides is 2. The van der Waals surface area contributed by atoms with Gasteiger partial charge in [-0.3, -0.25) is 9.59 Å². The van der Waals surface area contributed by atoms with Crippen molar-refractivity contribution in [2.45, 2.75) is 32.5 Å². The summed E-state index contributed by atoms with van der Waals surface area (Å²) < 4.78 is 16.5. The molecule has 0 radical (unpaired) electrons. The Morgan fingerprint density at radius 3 is 2.53 bits per heavy atom. The molecule has 0 saturated heterocycles. The van der Waals surface area contributed by atoms with Gasteiger partial charge in [0.15, 0.2) is 6.04 Å². The Kier molecular flexibility index (Phi) is 7.49. The number of nitrogens with one attached hydrogen (secondary N) is 1. The van der Waals surface area contributed by atoms with Crippen LogP contribution in [0.15, 0.2) is 81.1 Å². The van der Waals surface area contributed by atoms with Crippen LogP contribution >= 0.6 is 11.3 Å². The Bertz CT molecular complexity index is 1200. The van der Waals surface area contributed by atoms with Crippen molar-refractivity contribution in [3.63, 3.8) is 0 Å². The lowest BCUT2D eigenvalue weighted by molar-refractivity contribution is -0.142. The van der Waals surface area contributed by atoms with Crippen molar-refractivity contribution in [3.05, 3.63) is 100 Å². The highest BCUT2D eigenvalue weighted by Crippen LogP contribution is 2.27. The van der Waals surface area contributed by atoms with Gasteiger partial charge in [0.1, 0.15) is 23.0 Å². The maximum absolute atomic E-state index is 13.5. The van der Waals surface area contributed by atoms with Crippen LogP contribution in [-0.2, 0) is 29.1 Å².